The van der Waals surface area contributed by atoms with Crippen LogP contribution in [0.15, 0.2) is 41.1 Å². The molecule has 3 heterocycles. The van der Waals surface area contributed by atoms with E-state index in [0.717, 1.165) is 16.7 Å². The SMILES string of the molecule is O=C(O)Cc1noc2cc(Nc3n[nH]c4cccnc34)ccc12. The van der Waals surface area contributed by atoms with Crippen molar-refractivity contribution in [2.24, 2.45) is 0 Å². The van der Waals surface area contributed by atoms with Crippen molar-refractivity contribution in [2.45, 2.75) is 6.42 Å². The fourth-order valence-electron chi connectivity index (χ4n) is 2.42. The molecule has 1 aromatic carbocycles. The minimum Gasteiger partial charge on any atom is -0.481 e. The van der Waals surface area contributed by atoms with E-state index in [1.165, 1.54) is 0 Å². The Hall–Kier alpha value is -3.42. The molecule has 0 amide bonds. The highest BCUT2D eigenvalue weighted by Gasteiger charge is 2.13. The van der Waals surface area contributed by atoms with Gasteiger partial charge in [0.05, 0.1) is 11.9 Å². The minimum atomic E-state index is -0.948. The van der Waals surface area contributed by atoms with Gasteiger partial charge < -0.3 is 14.9 Å². The Labute approximate surface area is 129 Å². The van der Waals surface area contributed by atoms with Gasteiger partial charge in [-0.3, -0.25) is 14.9 Å². The lowest BCUT2D eigenvalue weighted by Crippen LogP contribution is -2.00. The van der Waals surface area contributed by atoms with Crippen molar-refractivity contribution in [3.05, 3.63) is 42.2 Å². The smallest absolute Gasteiger partial charge is 0.309 e. The number of hydrogen-bond acceptors (Lipinski definition) is 6. The predicted molar refractivity (Wildman–Crippen MR) is 82.5 cm³/mol. The topological polar surface area (TPSA) is 117 Å². The van der Waals surface area contributed by atoms with Crippen LogP contribution in [-0.2, 0) is 11.2 Å². The number of nitrogens with zero attached hydrogens (tertiary/aromatic N) is 3. The molecule has 0 saturated heterocycles. The van der Waals surface area contributed by atoms with Gasteiger partial charge in [-0.05, 0) is 24.3 Å². The Kier molecular flexibility index (Phi) is 2.94. The van der Waals surface area contributed by atoms with Gasteiger partial charge >= 0.3 is 5.97 Å². The number of aromatic amines is 1. The first-order chi connectivity index (χ1) is 11.2. The van der Waals surface area contributed by atoms with Gasteiger partial charge in [0.25, 0.3) is 0 Å². The van der Waals surface area contributed by atoms with E-state index in [4.69, 9.17) is 9.63 Å². The minimum absolute atomic E-state index is 0.173. The molecule has 3 N–H and O–H groups in total. The number of pyridine rings is 1. The van der Waals surface area contributed by atoms with Gasteiger partial charge in [-0.1, -0.05) is 5.16 Å². The van der Waals surface area contributed by atoms with Crippen molar-refractivity contribution in [1.82, 2.24) is 20.3 Å². The van der Waals surface area contributed by atoms with E-state index in [-0.39, 0.29) is 6.42 Å². The maximum absolute atomic E-state index is 10.8. The lowest BCUT2D eigenvalue weighted by molar-refractivity contribution is -0.136. The molecule has 0 aliphatic heterocycles. The maximum atomic E-state index is 10.8. The van der Waals surface area contributed by atoms with Crippen LogP contribution in [0.4, 0.5) is 11.5 Å². The standard InChI is InChI=1S/C15H11N5O3/c21-13(22)7-11-9-4-3-8(6-12(9)23-20-11)17-15-14-10(18-19-15)2-1-5-16-14/h1-6H,7H2,(H,21,22)(H2,17,18,19). The van der Waals surface area contributed by atoms with Crippen molar-refractivity contribution in [1.29, 1.82) is 0 Å². The molecule has 0 spiro atoms. The Morgan fingerprint density at radius 2 is 2.26 bits per heavy atom. The molecule has 0 atom stereocenters. The molecular formula is C15H11N5O3. The van der Waals surface area contributed by atoms with Crippen molar-refractivity contribution in [2.75, 3.05) is 5.32 Å². The molecule has 3 aromatic heterocycles. The van der Waals surface area contributed by atoms with Gasteiger partial charge in [-0.15, -0.1) is 0 Å². The summed E-state index contributed by atoms with van der Waals surface area (Å²) < 4.78 is 5.20. The second kappa shape index (κ2) is 5.09. The van der Waals surface area contributed by atoms with Crippen LogP contribution in [0.3, 0.4) is 0 Å². The summed E-state index contributed by atoms with van der Waals surface area (Å²) in [4.78, 5) is 15.1. The monoisotopic (exact) mass is 309 g/mol. The Bertz CT molecular complexity index is 1020. The Morgan fingerprint density at radius 3 is 3.13 bits per heavy atom. The van der Waals surface area contributed by atoms with Crippen molar-refractivity contribution in [3.63, 3.8) is 0 Å². The highest BCUT2D eigenvalue weighted by atomic mass is 16.5. The fourth-order valence-corrected chi connectivity index (χ4v) is 2.42. The van der Waals surface area contributed by atoms with Gasteiger partial charge in [-0.2, -0.15) is 5.10 Å². The summed E-state index contributed by atoms with van der Waals surface area (Å²) in [5, 5.41) is 23.6. The molecule has 8 heteroatoms. The molecule has 0 bridgehead atoms. The number of nitrogens with one attached hydrogen (secondary N) is 2. The van der Waals surface area contributed by atoms with Crippen LogP contribution in [-0.4, -0.2) is 31.4 Å². The average molecular weight is 309 g/mol. The Morgan fingerprint density at radius 1 is 1.35 bits per heavy atom. The summed E-state index contributed by atoms with van der Waals surface area (Å²) in [6.07, 6.45) is 1.52. The van der Waals surface area contributed by atoms with Gasteiger partial charge in [0.15, 0.2) is 11.4 Å². The molecule has 0 saturated carbocycles. The summed E-state index contributed by atoms with van der Waals surface area (Å²) in [5.74, 6) is -0.346. The average Bonchev–Trinajstić information content (AvgIpc) is 3.12. The van der Waals surface area contributed by atoms with Crippen LogP contribution in [0.1, 0.15) is 5.69 Å². The molecule has 0 aliphatic carbocycles. The number of benzene rings is 1. The first kappa shape index (κ1) is 13.3. The third kappa shape index (κ3) is 2.35. The van der Waals surface area contributed by atoms with Crippen molar-refractivity contribution >= 4 is 39.5 Å². The van der Waals surface area contributed by atoms with Crippen LogP contribution in [0, 0.1) is 0 Å². The maximum Gasteiger partial charge on any atom is 0.309 e. The molecule has 0 aliphatic rings. The van der Waals surface area contributed by atoms with E-state index in [1.54, 1.807) is 18.3 Å². The normalized spacial score (nSPS) is 11.1. The van der Waals surface area contributed by atoms with E-state index >= 15 is 0 Å². The number of aromatic nitrogens is 4. The third-order valence-corrected chi connectivity index (χ3v) is 3.45. The molecule has 4 rings (SSSR count). The fraction of sp³-hybridized carbons (Fsp3) is 0.0667. The van der Waals surface area contributed by atoms with E-state index in [9.17, 15) is 4.79 Å². The van der Waals surface area contributed by atoms with Gasteiger partial charge in [-0.25, -0.2) is 0 Å². The second-order valence-corrected chi connectivity index (χ2v) is 5.01. The molecular weight excluding hydrogens is 298 g/mol. The number of hydrogen-bond donors (Lipinski definition) is 3. The third-order valence-electron chi connectivity index (χ3n) is 3.45. The molecule has 0 radical (unpaired) electrons. The number of carboxylic acids is 1. The molecule has 114 valence electrons. The van der Waals surface area contributed by atoms with E-state index in [0.29, 0.717) is 22.5 Å². The molecule has 0 fully saturated rings. The summed E-state index contributed by atoms with van der Waals surface area (Å²) in [6.45, 7) is 0. The first-order valence-corrected chi connectivity index (χ1v) is 6.87. The quantitative estimate of drug-likeness (QED) is 0.530. The number of carboxylic acid groups (broad SMARTS) is 1. The number of rotatable bonds is 4. The molecule has 23 heavy (non-hydrogen) atoms. The van der Waals surface area contributed by atoms with Gasteiger partial charge in [0.2, 0.25) is 0 Å². The lowest BCUT2D eigenvalue weighted by atomic mass is 10.1. The molecule has 0 unspecified atom stereocenters. The van der Waals surface area contributed by atoms with E-state index in [1.807, 2.05) is 18.2 Å². The summed E-state index contributed by atoms with van der Waals surface area (Å²) in [7, 11) is 0. The van der Waals surface area contributed by atoms with Gasteiger partial charge in [0.1, 0.15) is 11.2 Å². The van der Waals surface area contributed by atoms with Crippen LogP contribution in [0.5, 0.6) is 0 Å². The van der Waals surface area contributed by atoms with Crippen LogP contribution < -0.4 is 5.32 Å². The largest absolute Gasteiger partial charge is 0.481 e. The van der Waals surface area contributed by atoms with Crippen molar-refractivity contribution in [3.8, 4) is 0 Å². The second-order valence-electron chi connectivity index (χ2n) is 5.01. The number of anilines is 2. The number of aliphatic carboxylic acids is 1. The highest BCUT2D eigenvalue weighted by Crippen LogP contribution is 2.26. The zero-order chi connectivity index (χ0) is 15.8. The van der Waals surface area contributed by atoms with Crippen molar-refractivity contribution < 1.29 is 14.4 Å². The predicted octanol–water partition coefficient (Wildman–Crippen LogP) is 2.47. The zero-order valence-electron chi connectivity index (χ0n) is 11.8. The molecule has 4 aromatic rings. The van der Waals surface area contributed by atoms with E-state index in [2.05, 4.69) is 25.7 Å². The number of fused-ring (bicyclic) bond motifs is 2. The van der Waals surface area contributed by atoms with Crippen LogP contribution in [0.2, 0.25) is 0 Å². The summed E-state index contributed by atoms with van der Waals surface area (Å²) in [5.41, 5.74) is 3.23. The molecule has 8 nitrogen and oxygen atoms in total. The number of H-pyrrole nitrogens is 1. The van der Waals surface area contributed by atoms with E-state index < -0.39 is 5.97 Å². The number of carbonyl (C=O) groups is 1. The van der Waals surface area contributed by atoms with Crippen LogP contribution >= 0.6 is 0 Å². The summed E-state index contributed by atoms with van der Waals surface area (Å²) in [6, 6.07) is 9.05. The van der Waals surface area contributed by atoms with Gasteiger partial charge in [0, 0.05) is 23.3 Å². The first-order valence-electron chi connectivity index (χ1n) is 6.87. The highest BCUT2D eigenvalue weighted by molar-refractivity contribution is 5.90. The lowest BCUT2D eigenvalue weighted by Gasteiger charge is -2.02. The van der Waals surface area contributed by atoms with Crippen LogP contribution in [0.25, 0.3) is 22.0 Å². The Balaban J connectivity index is 1.68. The summed E-state index contributed by atoms with van der Waals surface area (Å²) >= 11 is 0. The zero-order valence-corrected chi connectivity index (χ0v) is 11.8.